The Balaban J connectivity index is 1.83. The topological polar surface area (TPSA) is 12.0 Å². The predicted octanol–water partition coefficient (Wildman–Crippen LogP) is 3.85. The summed E-state index contributed by atoms with van der Waals surface area (Å²) in [7, 11) is 0. The van der Waals surface area contributed by atoms with Gasteiger partial charge in [0.05, 0.1) is 0 Å². The van der Waals surface area contributed by atoms with Crippen molar-refractivity contribution in [3.63, 3.8) is 0 Å². The Morgan fingerprint density at radius 1 is 1.12 bits per heavy atom. The molecule has 0 saturated heterocycles. The van der Waals surface area contributed by atoms with Gasteiger partial charge in [0.25, 0.3) is 0 Å². The number of hydrogen-bond donors (Lipinski definition) is 1. The molecule has 1 aromatic rings. The summed E-state index contributed by atoms with van der Waals surface area (Å²) in [6, 6.07) is 9.53. The van der Waals surface area contributed by atoms with Crippen molar-refractivity contribution >= 4 is 5.69 Å². The van der Waals surface area contributed by atoms with Crippen molar-refractivity contribution < 1.29 is 0 Å². The monoisotopic (exact) mass is 215 g/mol. The molecule has 0 aromatic heterocycles. The van der Waals surface area contributed by atoms with E-state index in [0.717, 1.165) is 17.9 Å². The van der Waals surface area contributed by atoms with Crippen LogP contribution in [-0.4, -0.2) is 6.04 Å². The first-order chi connectivity index (χ1) is 7.84. The van der Waals surface area contributed by atoms with Gasteiger partial charge in [0.2, 0.25) is 0 Å². The second kappa shape index (κ2) is 4.12. The minimum absolute atomic E-state index is 0.720. The van der Waals surface area contributed by atoms with E-state index in [-0.39, 0.29) is 0 Å². The SMILES string of the molecule is CC1Cc2ccccc2NC1C1CCCC1. The third-order valence-corrected chi connectivity index (χ3v) is 4.40. The van der Waals surface area contributed by atoms with Gasteiger partial charge in [0, 0.05) is 11.7 Å². The van der Waals surface area contributed by atoms with Gasteiger partial charge in [0.1, 0.15) is 0 Å². The van der Waals surface area contributed by atoms with Crippen LogP contribution in [-0.2, 0) is 6.42 Å². The molecule has 2 unspecified atom stereocenters. The second-order valence-electron chi connectivity index (χ2n) is 5.55. The molecule has 1 aliphatic heterocycles. The highest BCUT2D eigenvalue weighted by molar-refractivity contribution is 5.54. The zero-order valence-electron chi connectivity index (χ0n) is 10.1. The van der Waals surface area contributed by atoms with E-state index in [2.05, 4.69) is 36.5 Å². The Kier molecular flexibility index (Phi) is 2.62. The highest BCUT2D eigenvalue weighted by Gasteiger charge is 2.32. The van der Waals surface area contributed by atoms with Crippen LogP contribution in [0.1, 0.15) is 38.2 Å². The van der Waals surface area contributed by atoms with E-state index in [1.54, 1.807) is 0 Å². The minimum atomic E-state index is 0.720. The van der Waals surface area contributed by atoms with Gasteiger partial charge in [-0.1, -0.05) is 38.0 Å². The van der Waals surface area contributed by atoms with Crippen LogP contribution in [0, 0.1) is 11.8 Å². The number of anilines is 1. The minimum Gasteiger partial charge on any atom is -0.382 e. The maximum absolute atomic E-state index is 3.79. The molecule has 1 heterocycles. The molecule has 0 bridgehead atoms. The van der Waals surface area contributed by atoms with Crippen LogP contribution in [0.4, 0.5) is 5.69 Å². The predicted molar refractivity (Wildman–Crippen MR) is 68.7 cm³/mol. The third-order valence-electron chi connectivity index (χ3n) is 4.40. The fourth-order valence-corrected chi connectivity index (χ4v) is 3.53. The number of nitrogens with one attached hydrogen (secondary N) is 1. The quantitative estimate of drug-likeness (QED) is 0.750. The fourth-order valence-electron chi connectivity index (χ4n) is 3.53. The Morgan fingerprint density at radius 2 is 1.88 bits per heavy atom. The number of hydrogen-bond acceptors (Lipinski definition) is 1. The molecule has 0 amide bonds. The van der Waals surface area contributed by atoms with Gasteiger partial charge in [-0.2, -0.15) is 0 Å². The molecule has 86 valence electrons. The van der Waals surface area contributed by atoms with Crippen molar-refractivity contribution in [3.8, 4) is 0 Å². The summed E-state index contributed by atoms with van der Waals surface area (Å²) in [5, 5.41) is 3.79. The van der Waals surface area contributed by atoms with Crippen LogP contribution in [0.5, 0.6) is 0 Å². The fraction of sp³-hybridized carbons (Fsp3) is 0.600. The van der Waals surface area contributed by atoms with E-state index < -0.39 is 0 Å². The zero-order valence-corrected chi connectivity index (χ0v) is 10.1. The Labute approximate surface area is 98.3 Å². The van der Waals surface area contributed by atoms with E-state index in [9.17, 15) is 0 Å². The molecular formula is C15H21N. The van der Waals surface area contributed by atoms with Crippen LogP contribution < -0.4 is 5.32 Å². The van der Waals surface area contributed by atoms with Gasteiger partial charge in [-0.25, -0.2) is 0 Å². The molecule has 1 nitrogen and oxygen atoms in total. The lowest BCUT2D eigenvalue weighted by Crippen LogP contribution is -2.38. The second-order valence-corrected chi connectivity index (χ2v) is 5.55. The van der Waals surface area contributed by atoms with Crippen molar-refractivity contribution in [1.82, 2.24) is 0 Å². The third kappa shape index (κ3) is 1.73. The molecular weight excluding hydrogens is 194 g/mol. The first-order valence-electron chi connectivity index (χ1n) is 6.69. The van der Waals surface area contributed by atoms with Crippen molar-refractivity contribution in [2.45, 2.75) is 45.1 Å². The van der Waals surface area contributed by atoms with E-state index in [1.165, 1.54) is 43.4 Å². The molecule has 1 aliphatic carbocycles. The molecule has 1 aromatic carbocycles. The summed E-state index contributed by atoms with van der Waals surface area (Å²) in [6.45, 7) is 2.41. The van der Waals surface area contributed by atoms with Crippen molar-refractivity contribution in [2.75, 3.05) is 5.32 Å². The Hall–Kier alpha value is -0.980. The average Bonchev–Trinajstić information content (AvgIpc) is 2.81. The van der Waals surface area contributed by atoms with Crippen LogP contribution >= 0.6 is 0 Å². The first kappa shape index (κ1) is 10.2. The number of benzene rings is 1. The van der Waals surface area contributed by atoms with E-state index in [0.29, 0.717) is 0 Å². The molecule has 1 saturated carbocycles. The lowest BCUT2D eigenvalue weighted by molar-refractivity contribution is 0.341. The number of para-hydroxylation sites is 1. The smallest absolute Gasteiger partial charge is 0.0375 e. The van der Waals surface area contributed by atoms with Crippen LogP contribution in [0.25, 0.3) is 0 Å². The summed E-state index contributed by atoms with van der Waals surface area (Å²) in [4.78, 5) is 0. The van der Waals surface area contributed by atoms with E-state index in [1.807, 2.05) is 0 Å². The van der Waals surface area contributed by atoms with Gasteiger partial charge in [-0.15, -0.1) is 0 Å². The van der Waals surface area contributed by atoms with Crippen LogP contribution in [0.3, 0.4) is 0 Å². The van der Waals surface area contributed by atoms with Crippen LogP contribution in [0.2, 0.25) is 0 Å². The van der Waals surface area contributed by atoms with Gasteiger partial charge < -0.3 is 5.32 Å². The molecule has 2 atom stereocenters. The Bertz CT molecular complexity index is 365. The molecule has 16 heavy (non-hydrogen) atoms. The van der Waals surface area contributed by atoms with Crippen LogP contribution in [0.15, 0.2) is 24.3 Å². The lowest BCUT2D eigenvalue weighted by Gasteiger charge is -2.36. The van der Waals surface area contributed by atoms with E-state index >= 15 is 0 Å². The number of fused-ring (bicyclic) bond motifs is 1. The zero-order chi connectivity index (χ0) is 11.0. The normalized spacial score (nSPS) is 29.8. The molecule has 2 aliphatic rings. The summed E-state index contributed by atoms with van der Waals surface area (Å²) < 4.78 is 0. The van der Waals surface area contributed by atoms with Gasteiger partial charge >= 0.3 is 0 Å². The summed E-state index contributed by atoms with van der Waals surface area (Å²) in [5.74, 6) is 1.71. The van der Waals surface area contributed by atoms with E-state index in [4.69, 9.17) is 0 Å². The number of rotatable bonds is 1. The molecule has 0 radical (unpaired) electrons. The Morgan fingerprint density at radius 3 is 2.69 bits per heavy atom. The first-order valence-corrected chi connectivity index (χ1v) is 6.69. The molecule has 0 spiro atoms. The van der Waals surface area contributed by atoms with Crippen molar-refractivity contribution in [3.05, 3.63) is 29.8 Å². The largest absolute Gasteiger partial charge is 0.382 e. The highest BCUT2D eigenvalue weighted by atomic mass is 15.0. The maximum Gasteiger partial charge on any atom is 0.0375 e. The highest BCUT2D eigenvalue weighted by Crippen LogP contribution is 2.37. The lowest BCUT2D eigenvalue weighted by atomic mass is 9.81. The molecule has 1 fully saturated rings. The maximum atomic E-state index is 3.79. The molecule has 3 rings (SSSR count). The van der Waals surface area contributed by atoms with Crippen molar-refractivity contribution in [1.29, 1.82) is 0 Å². The molecule has 1 N–H and O–H groups in total. The summed E-state index contributed by atoms with van der Waals surface area (Å²) in [5.41, 5.74) is 2.89. The van der Waals surface area contributed by atoms with Gasteiger partial charge in [-0.05, 0) is 42.7 Å². The standard InChI is InChI=1S/C15H21N/c1-11-10-13-8-4-5-9-14(13)16-15(11)12-6-2-3-7-12/h4-5,8-9,11-12,15-16H,2-3,6-7,10H2,1H3. The van der Waals surface area contributed by atoms with Crippen molar-refractivity contribution in [2.24, 2.45) is 11.8 Å². The summed E-state index contributed by atoms with van der Waals surface area (Å²) in [6.07, 6.45) is 7.01. The van der Waals surface area contributed by atoms with Gasteiger partial charge in [-0.3, -0.25) is 0 Å². The van der Waals surface area contributed by atoms with Gasteiger partial charge in [0.15, 0.2) is 0 Å². The summed E-state index contributed by atoms with van der Waals surface area (Å²) >= 11 is 0. The molecule has 1 heteroatoms. The average molecular weight is 215 g/mol.